The van der Waals surface area contributed by atoms with Gasteiger partial charge in [-0.25, -0.2) is 17.2 Å². The summed E-state index contributed by atoms with van der Waals surface area (Å²) in [6.07, 6.45) is 0.624. The lowest BCUT2D eigenvalue weighted by molar-refractivity contribution is -0.126. The van der Waals surface area contributed by atoms with Gasteiger partial charge in [-0.3, -0.25) is 4.79 Å². The molecule has 1 saturated heterocycles. The zero-order chi connectivity index (χ0) is 22.9. The molecular weight excluding hydrogens is 434 g/mol. The Labute approximate surface area is 186 Å². The van der Waals surface area contributed by atoms with Crippen LogP contribution in [0.4, 0.5) is 8.78 Å². The molecule has 1 amide bonds. The lowest BCUT2D eigenvalue weighted by Crippen LogP contribution is -2.43. The van der Waals surface area contributed by atoms with E-state index in [2.05, 4.69) is 5.32 Å². The van der Waals surface area contributed by atoms with Gasteiger partial charge in [-0.2, -0.15) is 4.31 Å². The van der Waals surface area contributed by atoms with Gasteiger partial charge >= 0.3 is 0 Å². The minimum atomic E-state index is -4.16. The minimum absolute atomic E-state index is 0.0702. The molecule has 0 saturated carbocycles. The second-order valence-corrected chi connectivity index (χ2v) is 10.00. The van der Waals surface area contributed by atoms with Gasteiger partial charge in [0.25, 0.3) is 0 Å². The van der Waals surface area contributed by atoms with E-state index in [-0.39, 0.29) is 31.0 Å². The summed E-state index contributed by atoms with van der Waals surface area (Å²) in [5.74, 6) is -2.29. The van der Waals surface area contributed by atoms with Gasteiger partial charge in [0.15, 0.2) is 0 Å². The molecule has 1 aliphatic heterocycles. The summed E-state index contributed by atoms with van der Waals surface area (Å²) in [6, 6.07) is 16.2. The first-order valence-electron chi connectivity index (χ1n) is 10.5. The fraction of sp³-hybridized carbons (Fsp3) is 0.292. The zero-order valence-electron chi connectivity index (χ0n) is 17.6. The normalized spacial score (nSPS) is 16.7. The summed E-state index contributed by atoms with van der Waals surface area (Å²) in [5.41, 5.74) is 0.985. The molecule has 0 aliphatic carbocycles. The quantitative estimate of drug-likeness (QED) is 0.617. The molecule has 32 heavy (non-hydrogen) atoms. The summed E-state index contributed by atoms with van der Waals surface area (Å²) in [4.78, 5) is 12.1. The van der Waals surface area contributed by atoms with E-state index in [1.54, 1.807) is 0 Å². The van der Waals surface area contributed by atoms with E-state index in [1.165, 1.54) is 0 Å². The molecule has 8 heteroatoms. The number of sulfonamides is 1. The summed E-state index contributed by atoms with van der Waals surface area (Å²) in [7, 11) is -4.16. The van der Waals surface area contributed by atoms with Gasteiger partial charge < -0.3 is 5.32 Å². The van der Waals surface area contributed by atoms with Crippen molar-refractivity contribution in [2.75, 3.05) is 13.1 Å². The molecule has 0 unspecified atom stereocenters. The van der Waals surface area contributed by atoms with Crippen molar-refractivity contribution in [2.45, 2.75) is 30.7 Å². The Morgan fingerprint density at radius 2 is 1.69 bits per heavy atom. The fourth-order valence-corrected chi connectivity index (χ4v) is 5.61. The van der Waals surface area contributed by atoms with Gasteiger partial charge in [0.05, 0.1) is 6.04 Å². The number of carbonyl (C=O) groups excluding carboxylic acids is 1. The molecule has 0 radical (unpaired) electrons. The van der Waals surface area contributed by atoms with Crippen molar-refractivity contribution in [3.8, 4) is 0 Å². The van der Waals surface area contributed by atoms with Crippen molar-refractivity contribution in [1.82, 2.24) is 9.62 Å². The van der Waals surface area contributed by atoms with Crippen LogP contribution in [0.1, 0.15) is 31.4 Å². The first-order valence-corrected chi connectivity index (χ1v) is 11.9. The maximum Gasteiger partial charge on any atom is 0.246 e. The van der Waals surface area contributed by atoms with Crippen molar-refractivity contribution >= 4 is 26.7 Å². The molecule has 3 aromatic rings. The van der Waals surface area contributed by atoms with Crippen LogP contribution in [0.15, 0.2) is 65.6 Å². The molecule has 1 atom stereocenters. The maximum absolute atomic E-state index is 14.0. The molecule has 168 valence electrons. The number of rotatable bonds is 5. The second-order valence-electron chi connectivity index (χ2n) is 8.09. The van der Waals surface area contributed by atoms with Crippen molar-refractivity contribution in [3.05, 3.63) is 77.9 Å². The summed E-state index contributed by atoms with van der Waals surface area (Å²) in [5, 5.41) is 5.23. The molecular formula is C24H24F2N2O3S. The van der Waals surface area contributed by atoms with Crippen LogP contribution in [0.5, 0.6) is 0 Å². The van der Waals surface area contributed by atoms with Crippen molar-refractivity contribution in [2.24, 2.45) is 5.92 Å². The Balaban J connectivity index is 1.39. The average molecular weight is 459 g/mol. The summed E-state index contributed by atoms with van der Waals surface area (Å²) < 4.78 is 54.0. The van der Waals surface area contributed by atoms with Crippen LogP contribution in [0.25, 0.3) is 10.8 Å². The van der Waals surface area contributed by atoms with E-state index in [0.717, 1.165) is 32.8 Å². The Bertz CT molecular complexity index is 1260. The van der Waals surface area contributed by atoms with Crippen molar-refractivity contribution < 1.29 is 22.0 Å². The number of hydrogen-bond donors (Lipinski definition) is 1. The van der Waals surface area contributed by atoms with Gasteiger partial charge in [0.1, 0.15) is 16.5 Å². The van der Waals surface area contributed by atoms with E-state index < -0.39 is 26.6 Å². The number of benzene rings is 3. The van der Waals surface area contributed by atoms with Crippen molar-refractivity contribution in [1.29, 1.82) is 0 Å². The zero-order valence-corrected chi connectivity index (χ0v) is 18.4. The van der Waals surface area contributed by atoms with Gasteiger partial charge in [0.2, 0.25) is 15.9 Å². The average Bonchev–Trinajstić information content (AvgIpc) is 2.80. The Kier molecular flexibility index (Phi) is 6.26. The van der Waals surface area contributed by atoms with Gasteiger partial charge in [-0.05, 0) is 60.4 Å². The standard InChI is InChI=1S/C24H24F2N2O3S/c1-16(19-7-6-17-4-2-3-5-20(17)14-19)27-24(29)18-10-12-28(13-11-18)32(30,31)23-15-21(25)8-9-22(23)26/h2-9,14-16,18H,10-13H2,1H3,(H,27,29)/t16-/m1/s1. The van der Waals surface area contributed by atoms with Gasteiger partial charge in [-0.15, -0.1) is 0 Å². The highest BCUT2D eigenvalue weighted by Crippen LogP contribution is 2.27. The van der Waals surface area contributed by atoms with E-state index in [1.807, 2.05) is 49.4 Å². The van der Waals surface area contributed by atoms with Crippen LogP contribution < -0.4 is 5.32 Å². The van der Waals surface area contributed by atoms with Crippen LogP contribution in [-0.4, -0.2) is 31.7 Å². The molecule has 1 fully saturated rings. The first kappa shape index (κ1) is 22.4. The molecule has 3 aromatic carbocycles. The topological polar surface area (TPSA) is 66.5 Å². The molecule has 0 spiro atoms. The molecule has 5 nitrogen and oxygen atoms in total. The predicted octanol–water partition coefficient (Wildman–Crippen LogP) is 4.40. The van der Waals surface area contributed by atoms with Crippen LogP contribution >= 0.6 is 0 Å². The highest BCUT2D eigenvalue weighted by molar-refractivity contribution is 7.89. The predicted molar refractivity (Wildman–Crippen MR) is 118 cm³/mol. The largest absolute Gasteiger partial charge is 0.349 e. The van der Waals surface area contributed by atoms with Gasteiger partial charge in [-0.1, -0.05) is 36.4 Å². The van der Waals surface area contributed by atoms with Crippen LogP contribution in [0.3, 0.4) is 0 Å². The van der Waals surface area contributed by atoms with Crippen LogP contribution in [0.2, 0.25) is 0 Å². The second kappa shape index (κ2) is 8.96. The molecule has 0 bridgehead atoms. The van der Waals surface area contributed by atoms with Crippen LogP contribution in [-0.2, 0) is 14.8 Å². The lowest BCUT2D eigenvalue weighted by atomic mass is 9.96. The summed E-state index contributed by atoms with van der Waals surface area (Å²) in [6.45, 7) is 2.05. The molecule has 1 N–H and O–H groups in total. The monoisotopic (exact) mass is 458 g/mol. The number of hydrogen-bond acceptors (Lipinski definition) is 3. The van der Waals surface area contributed by atoms with E-state index in [4.69, 9.17) is 0 Å². The van der Waals surface area contributed by atoms with E-state index in [9.17, 15) is 22.0 Å². The first-order chi connectivity index (χ1) is 15.3. The summed E-state index contributed by atoms with van der Waals surface area (Å²) >= 11 is 0. The number of halogens is 2. The van der Waals surface area contributed by atoms with E-state index >= 15 is 0 Å². The van der Waals surface area contributed by atoms with Crippen molar-refractivity contribution in [3.63, 3.8) is 0 Å². The van der Waals surface area contributed by atoms with Gasteiger partial charge in [0, 0.05) is 19.0 Å². The number of nitrogens with one attached hydrogen (secondary N) is 1. The molecule has 4 rings (SSSR count). The minimum Gasteiger partial charge on any atom is -0.349 e. The lowest BCUT2D eigenvalue weighted by Gasteiger charge is -2.31. The maximum atomic E-state index is 14.0. The highest BCUT2D eigenvalue weighted by Gasteiger charge is 2.34. The smallest absolute Gasteiger partial charge is 0.246 e. The molecule has 1 aliphatic rings. The Morgan fingerprint density at radius 3 is 2.41 bits per heavy atom. The Morgan fingerprint density at radius 1 is 1.00 bits per heavy atom. The SMILES string of the molecule is C[C@@H](NC(=O)C1CCN(S(=O)(=O)c2cc(F)ccc2F)CC1)c1ccc2ccccc2c1. The third kappa shape index (κ3) is 4.52. The van der Waals surface area contributed by atoms with E-state index in [0.29, 0.717) is 18.9 Å². The molecule has 0 aromatic heterocycles. The Hall–Kier alpha value is -2.84. The number of amides is 1. The number of carbonyl (C=O) groups is 1. The molecule has 1 heterocycles. The number of piperidine rings is 1. The number of nitrogens with zero attached hydrogens (tertiary/aromatic N) is 1. The number of fused-ring (bicyclic) bond motifs is 1. The third-order valence-corrected chi connectivity index (χ3v) is 7.88. The fourth-order valence-electron chi connectivity index (χ4n) is 4.06. The third-order valence-electron chi connectivity index (χ3n) is 5.97. The highest BCUT2D eigenvalue weighted by atomic mass is 32.2. The van der Waals surface area contributed by atoms with Crippen LogP contribution in [0, 0.1) is 17.6 Å².